The van der Waals surface area contributed by atoms with E-state index in [4.69, 9.17) is 0 Å². The van der Waals surface area contributed by atoms with Crippen LogP contribution in [0.15, 0.2) is 59.3 Å². The van der Waals surface area contributed by atoms with Gasteiger partial charge in [-0.2, -0.15) is 0 Å². The topological polar surface area (TPSA) is 92.3 Å². The number of sulfonamides is 1. The van der Waals surface area contributed by atoms with E-state index in [9.17, 15) is 18.0 Å². The molecule has 0 radical (unpaired) electrons. The van der Waals surface area contributed by atoms with Gasteiger partial charge < -0.3 is 5.32 Å². The normalized spacial score (nSPS) is 21.0. The zero-order valence-electron chi connectivity index (χ0n) is 17.3. The maximum Gasteiger partial charge on any atom is 0.273 e. The van der Waals surface area contributed by atoms with Gasteiger partial charge in [0, 0.05) is 10.4 Å². The molecule has 1 saturated carbocycles. The first-order valence-electron chi connectivity index (χ1n) is 9.63. The summed E-state index contributed by atoms with van der Waals surface area (Å²) in [6.45, 7) is 9.76. The lowest BCUT2D eigenvalue weighted by atomic mass is 9.75. The summed E-state index contributed by atoms with van der Waals surface area (Å²) in [5, 5.41) is 2.77. The summed E-state index contributed by atoms with van der Waals surface area (Å²) in [6.07, 6.45) is 2.30. The number of carbonyl (C=O) groups is 2. The Morgan fingerprint density at radius 1 is 1.20 bits per heavy atom. The molecule has 2 atom stereocenters. The highest BCUT2D eigenvalue weighted by Crippen LogP contribution is 2.64. The van der Waals surface area contributed by atoms with Gasteiger partial charge >= 0.3 is 0 Å². The molecule has 6 nitrogen and oxygen atoms in total. The SMILES string of the molecule is C=C[C@@H]1C[C@@]1(C(=O)NS(=O)(=O)c1ccc(CNC(=O)c2ccccc2)s1)C(C)(C)C. The number of rotatable bonds is 7. The summed E-state index contributed by atoms with van der Waals surface area (Å²) in [5.41, 5.74) is -0.637. The fourth-order valence-corrected chi connectivity index (χ4v) is 6.09. The summed E-state index contributed by atoms with van der Waals surface area (Å²) in [5.74, 6) is -0.773. The molecule has 1 fully saturated rings. The molecule has 30 heavy (non-hydrogen) atoms. The molecule has 0 aliphatic heterocycles. The summed E-state index contributed by atoms with van der Waals surface area (Å²) in [4.78, 5) is 25.7. The van der Waals surface area contributed by atoms with Crippen molar-refractivity contribution < 1.29 is 18.0 Å². The van der Waals surface area contributed by atoms with Gasteiger partial charge in [-0.25, -0.2) is 13.1 Å². The van der Waals surface area contributed by atoms with Gasteiger partial charge in [-0.1, -0.05) is 45.0 Å². The van der Waals surface area contributed by atoms with E-state index < -0.39 is 26.8 Å². The second kappa shape index (κ2) is 8.00. The highest BCUT2D eigenvalue weighted by molar-refractivity contribution is 7.92. The first kappa shape index (κ1) is 22.2. The van der Waals surface area contributed by atoms with Gasteiger partial charge in [0.2, 0.25) is 5.91 Å². The van der Waals surface area contributed by atoms with Crippen molar-refractivity contribution >= 4 is 33.2 Å². The number of carbonyl (C=O) groups excluding carboxylic acids is 2. The van der Waals surface area contributed by atoms with Crippen molar-refractivity contribution in [2.45, 2.75) is 37.9 Å². The highest BCUT2D eigenvalue weighted by Gasteiger charge is 2.65. The van der Waals surface area contributed by atoms with Crippen LogP contribution < -0.4 is 10.0 Å². The van der Waals surface area contributed by atoms with Crippen molar-refractivity contribution in [1.29, 1.82) is 0 Å². The molecule has 3 rings (SSSR count). The van der Waals surface area contributed by atoms with Crippen LogP contribution in [0.3, 0.4) is 0 Å². The van der Waals surface area contributed by atoms with Crippen LogP contribution in [0, 0.1) is 16.7 Å². The van der Waals surface area contributed by atoms with Crippen LogP contribution in [0.5, 0.6) is 0 Å². The van der Waals surface area contributed by atoms with Crippen LogP contribution in [-0.4, -0.2) is 20.2 Å². The van der Waals surface area contributed by atoms with Gasteiger partial charge in [0.1, 0.15) is 4.21 Å². The van der Waals surface area contributed by atoms with E-state index in [0.29, 0.717) is 16.9 Å². The van der Waals surface area contributed by atoms with Crippen molar-refractivity contribution in [1.82, 2.24) is 10.0 Å². The molecule has 0 unspecified atom stereocenters. The third-order valence-electron chi connectivity index (χ3n) is 5.63. The molecule has 0 spiro atoms. The minimum absolute atomic E-state index is 0.0414. The molecule has 2 N–H and O–H groups in total. The van der Waals surface area contributed by atoms with E-state index in [1.807, 2.05) is 26.8 Å². The standard InChI is InChI=1S/C22H26N2O4S2/c1-5-16-13-22(16,21(2,3)4)20(26)24-30(27,28)18-12-11-17(29-18)14-23-19(25)15-9-7-6-8-10-15/h5-12,16H,1,13-14H2,2-4H3,(H,23,25)(H,24,26)/t16-,22-/m1/s1. The fraction of sp³-hybridized carbons (Fsp3) is 0.364. The zero-order chi connectivity index (χ0) is 22.2. The number of hydrogen-bond donors (Lipinski definition) is 2. The third-order valence-corrected chi connectivity index (χ3v) is 8.54. The van der Waals surface area contributed by atoms with Crippen molar-refractivity contribution in [3.63, 3.8) is 0 Å². The molecular formula is C22H26N2O4S2. The molecule has 1 aromatic heterocycles. The lowest BCUT2D eigenvalue weighted by molar-refractivity contribution is -0.128. The number of hydrogen-bond acceptors (Lipinski definition) is 5. The summed E-state index contributed by atoms with van der Waals surface area (Å²) in [6, 6.07) is 11.9. The summed E-state index contributed by atoms with van der Waals surface area (Å²) in [7, 11) is -3.99. The Labute approximate surface area is 181 Å². The average molecular weight is 447 g/mol. The van der Waals surface area contributed by atoms with Crippen molar-refractivity contribution in [3.8, 4) is 0 Å². The molecule has 0 saturated heterocycles. The Bertz CT molecular complexity index is 1070. The first-order chi connectivity index (χ1) is 14.0. The number of nitrogens with one attached hydrogen (secondary N) is 2. The van der Waals surface area contributed by atoms with Gasteiger partial charge in [0.25, 0.3) is 15.9 Å². The van der Waals surface area contributed by atoms with Crippen LogP contribution in [0.2, 0.25) is 0 Å². The average Bonchev–Trinajstić information content (AvgIpc) is 3.28. The van der Waals surface area contributed by atoms with E-state index in [0.717, 1.165) is 11.3 Å². The van der Waals surface area contributed by atoms with Crippen LogP contribution in [0.4, 0.5) is 0 Å². The number of benzene rings is 1. The largest absolute Gasteiger partial charge is 0.347 e. The Kier molecular flexibility index (Phi) is 5.93. The maximum absolute atomic E-state index is 12.9. The minimum atomic E-state index is -3.99. The molecule has 0 bridgehead atoms. The van der Waals surface area contributed by atoms with Crippen LogP contribution in [-0.2, 0) is 21.4 Å². The quantitative estimate of drug-likeness (QED) is 0.634. The molecule has 1 aliphatic carbocycles. The molecule has 1 aromatic carbocycles. The Morgan fingerprint density at radius 2 is 1.87 bits per heavy atom. The molecular weight excluding hydrogens is 420 g/mol. The van der Waals surface area contributed by atoms with E-state index in [-0.39, 0.29) is 22.6 Å². The molecule has 160 valence electrons. The highest BCUT2D eigenvalue weighted by atomic mass is 32.2. The third kappa shape index (κ3) is 4.20. The van der Waals surface area contributed by atoms with Crippen LogP contribution in [0.25, 0.3) is 0 Å². The van der Waals surface area contributed by atoms with Crippen molar-refractivity contribution in [2.24, 2.45) is 16.7 Å². The minimum Gasteiger partial charge on any atom is -0.347 e. The Balaban J connectivity index is 1.68. The molecule has 2 aromatic rings. The molecule has 8 heteroatoms. The van der Waals surface area contributed by atoms with E-state index >= 15 is 0 Å². The monoisotopic (exact) mass is 446 g/mol. The molecule has 1 heterocycles. The van der Waals surface area contributed by atoms with Gasteiger partial charge in [-0.15, -0.1) is 17.9 Å². The Hall–Kier alpha value is -2.45. The second-order valence-corrected chi connectivity index (χ2v) is 11.5. The number of allylic oxidation sites excluding steroid dienone is 1. The van der Waals surface area contributed by atoms with Gasteiger partial charge in [-0.05, 0) is 42.0 Å². The van der Waals surface area contributed by atoms with E-state index in [1.54, 1.807) is 36.4 Å². The lowest BCUT2D eigenvalue weighted by Gasteiger charge is -2.30. The molecule has 2 amide bonds. The smallest absolute Gasteiger partial charge is 0.273 e. The van der Waals surface area contributed by atoms with E-state index in [2.05, 4.69) is 16.6 Å². The number of thiophene rings is 1. The zero-order valence-corrected chi connectivity index (χ0v) is 18.9. The first-order valence-corrected chi connectivity index (χ1v) is 11.9. The van der Waals surface area contributed by atoms with Gasteiger partial charge in [0.05, 0.1) is 12.0 Å². The van der Waals surface area contributed by atoms with Gasteiger partial charge in [0.15, 0.2) is 0 Å². The predicted molar refractivity (Wildman–Crippen MR) is 117 cm³/mol. The lowest BCUT2D eigenvalue weighted by Crippen LogP contribution is -2.43. The number of amides is 2. The summed E-state index contributed by atoms with van der Waals surface area (Å²) >= 11 is 1.03. The van der Waals surface area contributed by atoms with Crippen LogP contribution >= 0.6 is 11.3 Å². The van der Waals surface area contributed by atoms with Gasteiger partial charge in [-0.3, -0.25) is 9.59 Å². The maximum atomic E-state index is 12.9. The second-order valence-electron chi connectivity index (χ2n) is 8.47. The van der Waals surface area contributed by atoms with Crippen LogP contribution in [0.1, 0.15) is 42.4 Å². The van der Waals surface area contributed by atoms with Crippen molar-refractivity contribution in [2.75, 3.05) is 0 Å². The van der Waals surface area contributed by atoms with Crippen molar-refractivity contribution in [3.05, 3.63) is 65.6 Å². The fourth-order valence-electron chi connectivity index (χ4n) is 3.76. The predicted octanol–water partition coefficient (Wildman–Crippen LogP) is 3.72. The summed E-state index contributed by atoms with van der Waals surface area (Å²) < 4.78 is 27.9. The van der Waals surface area contributed by atoms with E-state index in [1.165, 1.54) is 6.07 Å². The molecule has 1 aliphatic rings. The Morgan fingerprint density at radius 3 is 2.43 bits per heavy atom.